The number of alkyl halides is 1. The molecule has 0 radical (unpaired) electrons. The van der Waals surface area contributed by atoms with Gasteiger partial charge in [0.1, 0.15) is 5.82 Å². The molecule has 1 atom stereocenters. The molecule has 0 saturated heterocycles. The normalized spacial score (nSPS) is 16.9. The monoisotopic (exact) mass is 254 g/mol. The SMILES string of the molecule is Cc1nc2c(n1CCC(C)CCCl)CCCC2. The topological polar surface area (TPSA) is 17.8 Å². The van der Waals surface area contributed by atoms with Gasteiger partial charge in [-0.05, 0) is 51.4 Å². The Kier molecular flexibility index (Phi) is 4.49. The number of imidazole rings is 1. The van der Waals surface area contributed by atoms with E-state index in [0.29, 0.717) is 5.92 Å². The summed E-state index contributed by atoms with van der Waals surface area (Å²) in [5, 5.41) is 0. The first-order valence-corrected chi connectivity index (χ1v) is 7.36. The number of hydrogen-bond acceptors (Lipinski definition) is 1. The molecule has 2 nitrogen and oxygen atoms in total. The number of aryl methyl sites for hydroxylation is 2. The number of rotatable bonds is 5. The zero-order chi connectivity index (χ0) is 12.3. The molecule has 1 aliphatic rings. The molecule has 2 rings (SSSR count). The summed E-state index contributed by atoms with van der Waals surface area (Å²) < 4.78 is 2.44. The highest BCUT2D eigenvalue weighted by Crippen LogP contribution is 2.23. The minimum absolute atomic E-state index is 0.716. The van der Waals surface area contributed by atoms with Crippen molar-refractivity contribution in [2.24, 2.45) is 5.92 Å². The van der Waals surface area contributed by atoms with Crippen molar-refractivity contribution in [3.05, 3.63) is 17.2 Å². The Balaban J connectivity index is 2.02. The highest BCUT2D eigenvalue weighted by atomic mass is 35.5. The molecule has 3 heteroatoms. The summed E-state index contributed by atoms with van der Waals surface area (Å²) in [6.45, 7) is 5.55. The zero-order valence-electron chi connectivity index (χ0n) is 11.0. The van der Waals surface area contributed by atoms with Crippen LogP contribution in [0.2, 0.25) is 0 Å². The number of nitrogens with zero attached hydrogens (tertiary/aromatic N) is 2. The lowest BCUT2D eigenvalue weighted by molar-refractivity contribution is 0.456. The van der Waals surface area contributed by atoms with E-state index in [1.165, 1.54) is 49.3 Å². The first-order chi connectivity index (χ1) is 8.22. The van der Waals surface area contributed by atoms with Crippen molar-refractivity contribution in [3.8, 4) is 0 Å². The fraction of sp³-hybridized carbons (Fsp3) is 0.786. The van der Waals surface area contributed by atoms with Crippen LogP contribution in [-0.4, -0.2) is 15.4 Å². The van der Waals surface area contributed by atoms with Gasteiger partial charge in [-0.3, -0.25) is 0 Å². The molecule has 0 N–H and O–H groups in total. The predicted octanol–water partition coefficient (Wildman–Crippen LogP) is 3.73. The first kappa shape index (κ1) is 12.9. The Morgan fingerprint density at radius 2 is 2.06 bits per heavy atom. The highest BCUT2D eigenvalue weighted by molar-refractivity contribution is 6.17. The van der Waals surface area contributed by atoms with Crippen molar-refractivity contribution < 1.29 is 0 Å². The summed E-state index contributed by atoms with van der Waals surface area (Å²) in [4.78, 5) is 4.71. The van der Waals surface area contributed by atoms with Crippen molar-refractivity contribution in [1.29, 1.82) is 0 Å². The molecule has 0 saturated carbocycles. The van der Waals surface area contributed by atoms with E-state index in [2.05, 4.69) is 18.4 Å². The quantitative estimate of drug-likeness (QED) is 0.733. The molecule has 0 aromatic carbocycles. The minimum atomic E-state index is 0.716. The van der Waals surface area contributed by atoms with Gasteiger partial charge in [-0.1, -0.05) is 6.92 Å². The van der Waals surface area contributed by atoms with Crippen LogP contribution in [0.3, 0.4) is 0 Å². The van der Waals surface area contributed by atoms with E-state index in [1.807, 2.05) is 0 Å². The first-order valence-electron chi connectivity index (χ1n) is 6.83. The van der Waals surface area contributed by atoms with Gasteiger partial charge in [0.25, 0.3) is 0 Å². The Morgan fingerprint density at radius 1 is 1.29 bits per heavy atom. The average molecular weight is 255 g/mol. The maximum atomic E-state index is 5.78. The maximum absolute atomic E-state index is 5.78. The van der Waals surface area contributed by atoms with Crippen molar-refractivity contribution in [2.75, 3.05) is 5.88 Å². The Bertz CT molecular complexity index is 371. The van der Waals surface area contributed by atoms with Gasteiger partial charge in [0.2, 0.25) is 0 Å². The van der Waals surface area contributed by atoms with Crippen LogP contribution in [-0.2, 0) is 19.4 Å². The Hall–Kier alpha value is -0.500. The number of aromatic nitrogens is 2. The van der Waals surface area contributed by atoms with Crippen LogP contribution in [0.4, 0.5) is 0 Å². The van der Waals surface area contributed by atoms with E-state index in [4.69, 9.17) is 16.6 Å². The second-order valence-electron chi connectivity index (χ2n) is 5.28. The van der Waals surface area contributed by atoms with Gasteiger partial charge in [-0.15, -0.1) is 11.6 Å². The molecule has 0 aliphatic heterocycles. The number of halogens is 1. The van der Waals surface area contributed by atoms with E-state index in [9.17, 15) is 0 Å². The van der Waals surface area contributed by atoms with E-state index in [0.717, 1.165) is 18.8 Å². The van der Waals surface area contributed by atoms with Crippen LogP contribution in [0.5, 0.6) is 0 Å². The summed E-state index contributed by atoms with van der Waals surface area (Å²) in [6, 6.07) is 0. The highest BCUT2D eigenvalue weighted by Gasteiger charge is 2.17. The lowest BCUT2D eigenvalue weighted by Gasteiger charge is -2.16. The predicted molar refractivity (Wildman–Crippen MR) is 72.7 cm³/mol. The molecule has 17 heavy (non-hydrogen) atoms. The van der Waals surface area contributed by atoms with Crippen molar-refractivity contribution >= 4 is 11.6 Å². The zero-order valence-corrected chi connectivity index (χ0v) is 11.8. The third-order valence-electron chi connectivity index (χ3n) is 3.87. The lowest BCUT2D eigenvalue weighted by Crippen LogP contribution is -2.11. The van der Waals surface area contributed by atoms with Crippen LogP contribution >= 0.6 is 11.6 Å². The largest absolute Gasteiger partial charge is 0.332 e. The average Bonchev–Trinajstić information content (AvgIpc) is 2.62. The van der Waals surface area contributed by atoms with Crippen LogP contribution < -0.4 is 0 Å². The Morgan fingerprint density at radius 3 is 2.82 bits per heavy atom. The maximum Gasteiger partial charge on any atom is 0.106 e. The molecule has 1 aliphatic carbocycles. The second kappa shape index (κ2) is 5.90. The van der Waals surface area contributed by atoms with Crippen LogP contribution in [0.15, 0.2) is 0 Å². The van der Waals surface area contributed by atoms with Gasteiger partial charge >= 0.3 is 0 Å². The molecular weight excluding hydrogens is 232 g/mol. The van der Waals surface area contributed by atoms with Gasteiger partial charge in [-0.2, -0.15) is 0 Å². The molecular formula is C14H23ClN2. The van der Waals surface area contributed by atoms with Gasteiger partial charge < -0.3 is 4.57 Å². The summed E-state index contributed by atoms with van der Waals surface area (Å²) in [6.07, 6.45) is 7.38. The molecule has 1 aromatic heterocycles. The smallest absolute Gasteiger partial charge is 0.106 e. The second-order valence-corrected chi connectivity index (χ2v) is 5.66. The van der Waals surface area contributed by atoms with Crippen molar-refractivity contribution in [1.82, 2.24) is 9.55 Å². The fourth-order valence-corrected chi connectivity index (χ4v) is 3.08. The van der Waals surface area contributed by atoms with Crippen molar-refractivity contribution in [3.63, 3.8) is 0 Å². The number of fused-ring (bicyclic) bond motifs is 1. The molecule has 0 fully saturated rings. The van der Waals surface area contributed by atoms with Crippen LogP contribution in [0, 0.1) is 12.8 Å². The third kappa shape index (κ3) is 3.04. The molecule has 1 heterocycles. The van der Waals surface area contributed by atoms with E-state index >= 15 is 0 Å². The molecule has 0 bridgehead atoms. The molecule has 1 unspecified atom stereocenters. The van der Waals surface area contributed by atoms with E-state index < -0.39 is 0 Å². The molecule has 96 valence electrons. The molecule has 0 spiro atoms. The lowest BCUT2D eigenvalue weighted by atomic mass is 10.0. The number of hydrogen-bond donors (Lipinski definition) is 0. The minimum Gasteiger partial charge on any atom is -0.332 e. The van der Waals surface area contributed by atoms with Gasteiger partial charge in [-0.25, -0.2) is 4.98 Å². The summed E-state index contributed by atoms with van der Waals surface area (Å²) in [5.41, 5.74) is 2.87. The van der Waals surface area contributed by atoms with Crippen LogP contribution in [0.1, 0.15) is 49.8 Å². The van der Waals surface area contributed by atoms with Crippen molar-refractivity contribution in [2.45, 2.75) is 58.9 Å². The van der Waals surface area contributed by atoms with Gasteiger partial charge in [0.05, 0.1) is 5.69 Å². The van der Waals surface area contributed by atoms with Gasteiger partial charge in [0, 0.05) is 18.1 Å². The van der Waals surface area contributed by atoms with E-state index in [1.54, 1.807) is 0 Å². The summed E-state index contributed by atoms with van der Waals surface area (Å²) in [7, 11) is 0. The molecule has 0 amide bonds. The summed E-state index contributed by atoms with van der Waals surface area (Å²) in [5.74, 6) is 2.70. The molecule has 1 aromatic rings. The van der Waals surface area contributed by atoms with E-state index in [-0.39, 0.29) is 0 Å². The summed E-state index contributed by atoms with van der Waals surface area (Å²) >= 11 is 5.78. The fourth-order valence-electron chi connectivity index (χ4n) is 2.71. The standard InChI is InChI=1S/C14H23ClN2/c1-11(7-9-15)8-10-17-12(2)16-13-5-3-4-6-14(13)17/h11H,3-10H2,1-2H3. The third-order valence-corrected chi connectivity index (χ3v) is 4.09. The van der Waals surface area contributed by atoms with Gasteiger partial charge in [0.15, 0.2) is 0 Å². The Labute approximate surface area is 109 Å². The van der Waals surface area contributed by atoms with Crippen LogP contribution in [0.25, 0.3) is 0 Å².